The van der Waals surface area contributed by atoms with E-state index in [1.165, 1.54) is 6.07 Å². The lowest BCUT2D eigenvalue weighted by Crippen LogP contribution is -1.92. The van der Waals surface area contributed by atoms with Crippen LogP contribution in [0.1, 0.15) is 5.56 Å². The summed E-state index contributed by atoms with van der Waals surface area (Å²) in [4.78, 5) is 0. The van der Waals surface area contributed by atoms with Crippen molar-refractivity contribution in [3.05, 3.63) is 40.4 Å². The number of halogens is 3. The van der Waals surface area contributed by atoms with E-state index in [0.717, 1.165) is 6.07 Å². The van der Waals surface area contributed by atoms with E-state index in [1.54, 1.807) is 12.2 Å². The fourth-order valence-corrected chi connectivity index (χ4v) is 1.09. The van der Waals surface area contributed by atoms with Crippen LogP contribution >= 0.6 is 11.6 Å². The molecule has 1 aromatic rings. The maximum Gasteiger partial charge on any atom is 0.177 e. The van der Waals surface area contributed by atoms with Crippen molar-refractivity contribution in [3.63, 3.8) is 0 Å². The Labute approximate surface area is 79.8 Å². The summed E-state index contributed by atoms with van der Waals surface area (Å²) < 4.78 is 25.4. The highest BCUT2D eigenvalue weighted by Gasteiger charge is 2.06. The first-order valence-electron chi connectivity index (χ1n) is 3.66. The maximum absolute atomic E-state index is 12.7. The van der Waals surface area contributed by atoms with Crippen LogP contribution < -0.4 is 5.73 Å². The summed E-state index contributed by atoms with van der Waals surface area (Å²) in [6.45, 7) is 0.344. The van der Waals surface area contributed by atoms with E-state index >= 15 is 0 Å². The third kappa shape index (κ3) is 2.50. The summed E-state index contributed by atoms with van der Waals surface area (Å²) in [6.07, 6.45) is 3.21. The van der Waals surface area contributed by atoms with E-state index in [4.69, 9.17) is 17.3 Å². The molecule has 1 aromatic carbocycles. The number of benzene rings is 1. The van der Waals surface area contributed by atoms with E-state index < -0.39 is 11.6 Å². The van der Waals surface area contributed by atoms with Crippen LogP contribution in [0.4, 0.5) is 8.78 Å². The maximum atomic E-state index is 12.7. The molecule has 0 spiro atoms. The highest BCUT2D eigenvalue weighted by atomic mass is 35.5. The lowest BCUT2D eigenvalue weighted by atomic mass is 10.2. The van der Waals surface area contributed by atoms with Crippen molar-refractivity contribution < 1.29 is 8.78 Å². The van der Waals surface area contributed by atoms with Crippen molar-refractivity contribution in [2.45, 2.75) is 0 Å². The summed E-state index contributed by atoms with van der Waals surface area (Å²) in [5.41, 5.74) is 5.69. The van der Waals surface area contributed by atoms with Gasteiger partial charge in [0.2, 0.25) is 0 Å². The quantitative estimate of drug-likeness (QED) is 0.735. The second-order valence-electron chi connectivity index (χ2n) is 2.44. The van der Waals surface area contributed by atoms with Gasteiger partial charge in [0, 0.05) is 6.54 Å². The molecule has 0 aliphatic carbocycles. The fourth-order valence-electron chi connectivity index (χ4n) is 0.875. The Morgan fingerprint density at radius 3 is 2.62 bits per heavy atom. The molecule has 0 aliphatic heterocycles. The first-order chi connectivity index (χ1) is 6.15. The third-order valence-corrected chi connectivity index (χ3v) is 1.73. The van der Waals surface area contributed by atoms with Crippen LogP contribution in [0.3, 0.4) is 0 Å². The minimum absolute atomic E-state index is 0.225. The minimum Gasteiger partial charge on any atom is -0.327 e. The van der Waals surface area contributed by atoms with Gasteiger partial charge in [0.25, 0.3) is 0 Å². The molecule has 13 heavy (non-hydrogen) atoms. The molecule has 0 unspecified atom stereocenters. The second-order valence-corrected chi connectivity index (χ2v) is 2.84. The van der Waals surface area contributed by atoms with Crippen molar-refractivity contribution in [2.75, 3.05) is 6.54 Å². The molecule has 0 aromatic heterocycles. The SMILES string of the molecule is NC/C=C/c1cc(F)c(F)c(Cl)c1. The topological polar surface area (TPSA) is 26.0 Å². The molecule has 0 saturated heterocycles. The number of nitrogens with two attached hydrogens (primary N) is 1. The average molecular weight is 204 g/mol. The van der Waals surface area contributed by atoms with Crippen LogP contribution in [0.15, 0.2) is 18.2 Å². The Hall–Kier alpha value is -0.930. The Bertz CT molecular complexity index is 313. The Morgan fingerprint density at radius 2 is 2.08 bits per heavy atom. The van der Waals surface area contributed by atoms with Crippen molar-refractivity contribution in [2.24, 2.45) is 5.73 Å². The molecule has 0 aliphatic rings. The molecule has 0 amide bonds. The predicted octanol–water partition coefficient (Wildman–Crippen LogP) is 2.59. The molecule has 1 nitrogen and oxygen atoms in total. The Morgan fingerprint density at radius 1 is 1.38 bits per heavy atom. The molecule has 4 heteroatoms. The van der Waals surface area contributed by atoms with Crippen molar-refractivity contribution in [1.82, 2.24) is 0 Å². The zero-order valence-corrected chi connectivity index (χ0v) is 7.48. The number of hydrogen-bond acceptors (Lipinski definition) is 1. The average Bonchev–Trinajstić information content (AvgIpc) is 2.10. The molecule has 0 bridgehead atoms. The van der Waals surface area contributed by atoms with Crippen LogP contribution in [0.2, 0.25) is 5.02 Å². The Balaban J connectivity index is 3.06. The van der Waals surface area contributed by atoms with Gasteiger partial charge in [-0.05, 0) is 17.7 Å². The van der Waals surface area contributed by atoms with Crippen LogP contribution in [0, 0.1) is 11.6 Å². The van der Waals surface area contributed by atoms with Crippen LogP contribution in [0.5, 0.6) is 0 Å². The molecule has 0 saturated carbocycles. The van der Waals surface area contributed by atoms with Crippen molar-refractivity contribution in [3.8, 4) is 0 Å². The first kappa shape index (κ1) is 10.2. The minimum atomic E-state index is -1.02. The zero-order chi connectivity index (χ0) is 9.84. The van der Waals surface area contributed by atoms with Crippen molar-refractivity contribution in [1.29, 1.82) is 0 Å². The Kier molecular flexibility index (Phi) is 3.39. The molecule has 0 radical (unpaired) electrons. The number of rotatable bonds is 2. The second kappa shape index (κ2) is 4.35. The van der Waals surface area contributed by atoms with E-state index in [1.807, 2.05) is 0 Å². The van der Waals surface area contributed by atoms with E-state index in [-0.39, 0.29) is 5.02 Å². The summed E-state index contributed by atoms with van der Waals surface area (Å²) in [7, 11) is 0. The van der Waals surface area contributed by atoms with Gasteiger partial charge in [0.15, 0.2) is 11.6 Å². The normalized spacial score (nSPS) is 11.1. The fraction of sp³-hybridized carbons (Fsp3) is 0.111. The van der Waals surface area contributed by atoms with Crippen molar-refractivity contribution >= 4 is 17.7 Å². The first-order valence-corrected chi connectivity index (χ1v) is 4.04. The van der Waals surface area contributed by atoms with Gasteiger partial charge in [-0.15, -0.1) is 0 Å². The van der Waals surface area contributed by atoms with Gasteiger partial charge >= 0.3 is 0 Å². The van der Waals surface area contributed by atoms with Crippen LogP contribution in [-0.2, 0) is 0 Å². The standard InChI is InChI=1S/C9H8ClF2N/c10-7-4-6(2-1-3-13)5-8(11)9(7)12/h1-2,4-5H,3,13H2/b2-1+. The third-order valence-electron chi connectivity index (χ3n) is 1.45. The lowest BCUT2D eigenvalue weighted by molar-refractivity contribution is 0.509. The summed E-state index contributed by atoms with van der Waals surface area (Å²) in [5, 5.41) is -0.225. The van der Waals surface area contributed by atoms with Gasteiger partial charge in [-0.1, -0.05) is 23.8 Å². The smallest absolute Gasteiger partial charge is 0.177 e. The van der Waals surface area contributed by atoms with E-state index in [0.29, 0.717) is 12.1 Å². The van der Waals surface area contributed by atoms with Gasteiger partial charge in [0.1, 0.15) is 0 Å². The van der Waals surface area contributed by atoms with E-state index in [2.05, 4.69) is 0 Å². The lowest BCUT2D eigenvalue weighted by Gasteiger charge is -1.98. The van der Waals surface area contributed by atoms with Crippen LogP contribution in [0.25, 0.3) is 6.08 Å². The van der Waals surface area contributed by atoms with Gasteiger partial charge in [-0.2, -0.15) is 0 Å². The highest BCUT2D eigenvalue weighted by molar-refractivity contribution is 6.30. The van der Waals surface area contributed by atoms with Gasteiger partial charge in [-0.3, -0.25) is 0 Å². The summed E-state index contributed by atoms with van der Waals surface area (Å²) in [6, 6.07) is 2.40. The highest BCUT2D eigenvalue weighted by Crippen LogP contribution is 2.20. The summed E-state index contributed by atoms with van der Waals surface area (Å²) in [5.74, 6) is -1.98. The molecule has 2 N–H and O–H groups in total. The monoisotopic (exact) mass is 203 g/mol. The van der Waals surface area contributed by atoms with Gasteiger partial charge < -0.3 is 5.73 Å². The number of hydrogen-bond donors (Lipinski definition) is 1. The molecule has 0 heterocycles. The molecular weight excluding hydrogens is 196 g/mol. The van der Waals surface area contributed by atoms with Crippen LogP contribution in [-0.4, -0.2) is 6.54 Å². The van der Waals surface area contributed by atoms with E-state index in [9.17, 15) is 8.78 Å². The predicted molar refractivity (Wildman–Crippen MR) is 49.5 cm³/mol. The molecular formula is C9H8ClF2N. The largest absolute Gasteiger partial charge is 0.327 e. The molecule has 70 valence electrons. The van der Waals surface area contributed by atoms with Gasteiger partial charge in [0.05, 0.1) is 5.02 Å². The zero-order valence-electron chi connectivity index (χ0n) is 6.73. The molecule has 1 rings (SSSR count). The molecule has 0 fully saturated rings. The summed E-state index contributed by atoms with van der Waals surface area (Å²) >= 11 is 5.42. The molecule has 0 atom stereocenters. The van der Waals surface area contributed by atoms with Gasteiger partial charge in [-0.25, -0.2) is 8.78 Å².